The van der Waals surface area contributed by atoms with Gasteiger partial charge in [0.05, 0.1) is 29.7 Å². The molecule has 186 valence electrons. The number of β-amino-alcohol motifs (C(OH)–C–C–N with tert-alkyl or cyclic N) is 1. The lowest BCUT2D eigenvalue weighted by molar-refractivity contribution is -0.137. The summed E-state index contributed by atoms with van der Waals surface area (Å²) in [5.41, 5.74) is 0.732. The molecule has 0 saturated carbocycles. The highest BCUT2D eigenvalue weighted by molar-refractivity contribution is 7.89. The molecule has 2 aromatic heterocycles. The highest BCUT2D eigenvalue weighted by Crippen LogP contribution is 2.30. The molecule has 1 saturated heterocycles. The van der Waals surface area contributed by atoms with Crippen LogP contribution in [0, 0.1) is 0 Å². The second-order valence-corrected chi connectivity index (χ2v) is 9.95. The molecule has 3 heterocycles. The Morgan fingerprint density at radius 1 is 1.09 bits per heavy atom. The van der Waals surface area contributed by atoms with Crippen molar-refractivity contribution in [3.05, 3.63) is 66.5 Å². The molecule has 2 atom stereocenters. The first kappa shape index (κ1) is 24.9. The van der Waals surface area contributed by atoms with E-state index in [0.717, 1.165) is 17.2 Å². The van der Waals surface area contributed by atoms with Gasteiger partial charge in [-0.25, -0.2) is 18.4 Å². The SMILES string of the molecule is COc1cc(-c2ccc(S(=O)(=O)N3CC[C@@H](Nc4ccc(C(F)(F)F)cn4)[C@@H](O)C3)cc2)ccn1. The maximum atomic E-state index is 13.1. The zero-order valence-corrected chi connectivity index (χ0v) is 19.4. The van der Waals surface area contributed by atoms with Crippen molar-refractivity contribution in [2.45, 2.75) is 29.6 Å². The molecule has 3 aromatic rings. The Bertz CT molecular complexity index is 1270. The van der Waals surface area contributed by atoms with E-state index in [1.165, 1.54) is 29.6 Å². The number of alkyl halides is 3. The largest absolute Gasteiger partial charge is 0.481 e. The van der Waals surface area contributed by atoms with Crippen LogP contribution in [0.4, 0.5) is 19.0 Å². The summed E-state index contributed by atoms with van der Waals surface area (Å²) in [6.07, 6.45) is -3.02. The first-order valence-corrected chi connectivity index (χ1v) is 12.1. The number of aromatic nitrogens is 2. The van der Waals surface area contributed by atoms with E-state index in [0.29, 0.717) is 12.1 Å². The van der Waals surface area contributed by atoms with Gasteiger partial charge in [-0.1, -0.05) is 12.1 Å². The number of hydrogen-bond donors (Lipinski definition) is 2. The fourth-order valence-electron chi connectivity index (χ4n) is 3.80. The molecule has 1 aromatic carbocycles. The summed E-state index contributed by atoms with van der Waals surface area (Å²) >= 11 is 0. The number of pyridine rings is 2. The van der Waals surface area contributed by atoms with Gasteiger partial charge in [0.15, 0.2) is 0 Å². The van der Waals surface area contributed by atoms with Crippen molar-refractivity contribution >= 4 is 15.8 Å². The van der Waals surface area contributed by atoms with Gasteiger partial charge in [-0.05, 0) is 47.9 Å². The van der Waals surface area contributed by atoms with E-state index in [2.05, 4.69) is 15.3 Å². The number of anilines is 1. The molecule has 4 rings (SSSR count). The molecule has 0 aliphatic carbocycles. The monoisotopic (exact) mass is 508 g/mol. The lowest BCUT2D eigenvalue weighted by Gasteiger charge is -2.35. The summed E-state index contributed by atoms with van der Waals surface area (Å²) in [5, 5.41) is 13.4. The molecule has 35 heavy (non-hydrogen) atoms. The Kier molecular flexibility index (Phi) is 6.97. The molecule has 8 nitrogen and oxygen atoms in total. The molecule has 0 unspecified atom stereocenters. The zero-order valence-electron chi connectivity index (χ0n) is 18.6. The van der Waals surface area contributed by atoms with Crippen LogP contribution in [-0.4, -0.2) is 60.1 Å². The maximum absolute atomic E-state index is 13.1. The predicted octanol–water partition coefficient (Wildman–Crippen LogP) is 3.41. The summed E-state index contributed by atoms with van der Waals surface area (Å²) in [5.74, 6) is 0.609. The van der Waals surface area contributed by atoms with E-state index in [9.17, 15) is 26.7 Å². The van der Waals surface area contributed by atoms with Crippen LogP contribution in [0.25, 0.3) is 11.1 Å². The Morgan fingerprint density at radius 2 is 1.83 bits per heavy atom. The van der Waals surface area contributed by atoms with Crippen molar-refractivity contribution < 1.29 is 31.4 Å². The Labute approximate surface area is 200 Å². The minimum Gasteiger partial charge on any atom is -0.481 e. The highest BCUT2D eigenvalue weighted by Gasteiger charge is 2.35. The second kappa shape index (κ2) is 9.80. The van der Waals surface area contributed by atoms with Gasteiger partial charge < -0.3 is 15.2 Å². The molecule has 0 spiro atoms. The van der Waals surface area contributed by atoms with Crippen molar-refractivity contribution in [2.24, 2.45) is 0 Å². The normalized spacial score (nSPS) is 19.3. The summed E-state index contributed by atoms with van der Waals surface area (Å²) in [6, 6.07) is 11.4. The number of hydrogen-bond acceptors (Lipinski definition) is 7. The average molecular weight is 509 g/mol. The maximum Gasteiger partial charge on any atom is 0.417 e. The Morgan fingerprint density at radius 3 is 2.43 bits per heavy atom. The van der Waals surface area contributed by atoms with Crippen LogP contribution in [0.15, 0.2) is 65.8 Å². The lowest BCUT2D eigenvalue weighted by atomic mass is 10.0. The number of aliphatic hydroxyl groups excluding tert-OH is 1. The smallest absolute Gasteiger partial charge is 0.417 e. The number of benzene rings is 1. The van der Waals surface area contributed by atoms with Crippen LogP contribution >= 0.6 is 0 Å². The second-order valence-electron chi connectivity index (χ2n) is 8.01. The number of rotatable bonds is 6. The quantitative estimate of drug-likeness (QED) is 0.526. The first-order valence-electron chi connectivity index (χ1n) is 10.7. The fraction of sp³-hybridized carbons (Fsp3) is 0.304. The summed E-state index contributed by atoms with van der Waals surface area (Å²) in [7, 11) is -2.35. The molecule has 2 N–H and O–H groups in total. The number of piperidine rings is 1. The molecule has 1 fully saturated rings. The molecule has 0 radical (unpaired) electrons. The third-order valence-electron chi connectivity index (χ3n) is 5.74. The molecule has 0 bridgehead atoms. The minimum absolute atomic E-state index is 0.0882. The van der Waals surface area contributed by atoms with Gasteiger partial charge in [0.25, 0.3) is 0 Å². The van der Waals surface area contributed by atoms with E-state index in [4.69, 9.17) is 4.74 Å². The molecular weight excluding hydrogens is 485 g/mol. The van der Waals surface area contributed by atoms with Crippen LogP contribution < -0.4 is 10.1 Å². The average Bonchev–Trinajstić information content (AvgIpc) is 2.85. The third kappa shape index (κ3) is 5.55. The standard InChI is InChI=1S/C23H23F3N4O4S/c1-34-22-12-16(8-10-27-22)15-2-5-18(6-3-15)35(32,33)30-11-9-19(20(31)14-30)29-21-7-4-17(13-28-21)23(24,25)26/h2-8,10,12-13,19-20,31H,9,11,14H2,1H3,(H,28,29)/t19-,20+/m1/s1. The number of aliphatic hydroxyl groups is 1. The molecule has 1 aliphatic heterocycles. The number of ether oxygens (including phenoxy) is 1. The summed E-state index contributed by atoms with van der Waals surface area (Å²) in [4.78, 5) is 7.89. The lowest BCUT2D eigenvalue weighted by Crippen LogP contribution is -2.51. The fourth-order valence-corrected chi connectivity index (χ4v) is 5.27. The molecule has 12 heteroatoms. The predicted molar refractivity (Wildman–Crippen MR) is 122 cm³/mol. The molecule has 1 aliphatic rings. The zero-order chi connectivity index (χ0) is 25.2. The topological polar surface area (TPSA) is 105 Å². The minimum atomic E-state index is -4.49. The van der Waals surface area contributed by atoms with E-state index in [1.807, 2.05) is 0 Å². The summed E-state index contributed by atoms with van der Waals surface area (Å²) < 4.78 is 70.7. The number of halogens is 3. The third-order valence-corrected chi connectivity index (χ3v) is 7.62. The molecular formula is C23H23F3N4O4S. The number of methoxy groups -OCH3 is 1. The molecule has 0 amide bonds. The van der Waals surface area contributed by atoms with Gasteiger partial charge >= 0.3 is 6.18 Å². The van der Waals surface area contributed by atoms with Crippen LogP contribution in [0.3, 0.4) is 0 Å². The van der Waals surface area contributed by atoms with Crippen molar-refractivity contribution in [1.82, 2.24) is 14.3 Å². The van der Waals surface area contributed by atoms with E-state index in [1.54, 1.807) is 30.5 Å². The van der Waals surface area contributed by atoms with Crippen LogP contribution in [0.2, 0.25) is 0 Å². The van der Waals surface area contributed by atoms with Crippen LogP contribution in [0.1, 0.15) is 12.0 Å². The van der Waals surface area contributed by atoms with Crippen LogP contribution in [0.5, 0.6) is 5.88 Å². The van der Waals surface area contributed by atoms with Crippen molar-refractivity contribution in [2.75, 3.05) is 25.5 Å². The van der Waals surface area contributed by atoms with E-state index >= 15 is 0 Å². The highest BCUT2D eigenvalue weighted by atomic mass is 32.2. The van der Waals surface area contributed by atoms with Gasteiger partial charge in [0.2, 0.25) is 15.9 Å². The van der Waals surface area contributed by atoms with Crippen molar-refractivity contribution in [3.63, 3.8) is 0 Å². The first-order chi connectivity index (χ1) is 16.6. The Hall–Kier alpha value is -3.22. The van der Waals surface area contributed by atoms with Crippen molar-refractivity contribution in [3.8, 4) is 17.0 Å². The van der Waals surface area contributed by atoms with Gasteiger partial charge in [-0.15, -0.1) is 0 Å². The Balaban J connectivity index is 1.42. The summed E-state index contributed by atoms with van der Waals surface area (Å²) in [6.45, 7) is -0.0368. The van der Waals surface area contributed by atoms with Gasteiger partial charge in [0, 0.05) is 31.5 Å². The van der Waals surface area contributed by atoms with E-state index in [-0.39, 0.29) is 30.2 Å². The number of nitrogens with one attached hydrogen (secondary N) is 1. The van der Waals surface area contributed by atoms with Crippen LogP contribution in [-0.2, 0) is 16.2 Å². The van der Waals surface area contributed by atoms with Gasteiger partial charge in [0.1, 0.15) is 5.82 Å². The van der Waals surface area contributed by atoms with Gasteiger partial charge in [-0.2, -0.15) is 17.5 Å². The number of sulfonamides is 1. The van der Waals surface area contributed by atoms with Crippen molar-refractivity contribution in [1.29, 1.82) is 0 Å². The van der Waals surface area contributed by atoms with Gasteiger partial charge in [-0.3, -0.25) is 0 Å². The number of nitrogens with zero attached hydrogens (tertiary/aromatic N) is 3. The van der Waals surface area contributed by atoms with E-state index < -0.39 is 33.9 Å².